The van der Waals surface area contributed by atoms with Gasteiger partial charge in [0.15, 0.2) is 0 Å². The molecule has 2 aliphatic heterocycles. The molecule has 0 bridgehead atoms. The van der Waals surface area contributed by atoms with Crippen molar-refractivity contribution in [2.45, 2.75) is 38.3 Å². The third kappa shape index (κ3) is 3.46. The number of carbonyl (C=O) groups is 1. The van der Waals surface area contributed by atoms with Gasteiger partial charge in [0.05, 0.1) is 11.6 Å². The van der Waals surface area contributed by atoms with Crippen LogP contribution in [0, 0.1) is 5.92 Å². The van der Waals surface area contributed by atoms with Gasteiger partial charge in [-0.2, -0.15) is 0 Å². The Labute approximate surface area is 154 Å². The summed E-state index contributed by atoms with van der Waals surface area (Å²) < 4.78 is 0. The number of hydrogen-bond acceptors (Lipinski definition) is 4. The summed E-state index contributed by atoms with van der Waals surface area (Å²) in [6.07, 6.45) is 4.49. The summed E-state index contributed by atoms with van der Waals surface area (Å²) in [7, 11) is 0. The molecule has 0 spiro atoms. The van der Waals surface area contributed by atoms with Crippen molar-refractivity contribution in [3.8, 4) is 0 Å². The van der Waals surface area contributed by atoms with Crippen molar-refractivity contribution in [3.63, 3.8) is 0 Å². The number of aromatic nitrogens is 1. The SMILES string of the molecule is CC(=O)N1CCC(N2C[C@@H](Cc3ccnc4ccccc34)[C@H](O)C2)CC1. The minimum atomic E-state index is -0.284. The number of piperidine rings is 1. The van der Waals surface area contributed by atoms with E-state index >= 15 is 0 Å². The van der Waals surface area contributed by atoms with Crippen molar-refractivity contribution in [1.82, 2.24) is 14.8 Å². The molecule has 5 heteroatoms. The van der Waals surface area contributed by atoms with E-state index in [1.165, 1.54) is 10.9 Å². The monoisotopic (exact) mass is 353 g/mol. The summed E-state index contributed by atoms with van der Waals surface area (Å²) >= 11 is 0. The normalized spacial score (nSPS) is 25.1. The zero-order valence-electron chi connectivity index (χ0n) is 15.3. The van der Waals surface area contributed by atoms with Crippen LogP contribution in [0.5, 0.6) is 0 Å². The van der Waals surface area contributed by atoms with Gasteiger partial charge in [0, 0.05) is 56.6 Å². The molecule has 0 radical (unpaired) electrons. The van der Waals surface area contributed by atoms with E-state index in [0.717, 1.165) is 51.0 Å². The Morgan fingerprint density at radius 2 is 1.96 bits per heavy atom. The van der Waals surface area contributed by atoms with E-state index in [1.807, 2.05) is 29.3 Å². The number of hydrogen-bond donors (Lipinski definition) is 1. The first-order chi connectivity index (χ1) is 12.6. The lowest BCUT2D eigenvalue weighted by Gasteiger charge is -2.36. The molecule has 5 nitrogen and oxygen atoms in total. The number of amides is 1. The maximum atomic E-state index is 11.5. The van der Waals surface area contributed by atoms with Crippen molar-refractivity contribution in [1.29, 1.82) is 0 Å². The molecule has 1 amide bonds. The van der Waals surface area contributed by atoms with Gasteiger partial charge in [-0.25, -0.2) is 0 Å². The smallest absolute Gasteiger partial charge is 0.219 e. The first-order valence-electron chi connectivity index (χ1n) is 9.62. The van der Waals surface area contributed by atoms with Gasteiger partial charge in [0.2, 0.25) is 5.91 Å². The molecule has 2 aliphatic rings. The molecular formula is C21H27N3O2. The Balaban J connectivity index is 1.42. The average molecular weight is 353 g/mol. The molecule has 2 aromatic rings. The molecular weight excluding hydrogens is 326 g/mol. The molecule has 1 aromatic heterocycles. The highest BCUT2D eigenvalue weighted by Gasteiger charge is 2.36. The fourth-order valence-electron chi connectivity index (χ4n) is 4.55. The number of fused-ring (bicyclic) bond motifs is 1. The second-order valence-corrected chi connectivity index (χ2v) is 7.71. The number of nitrogens with zero attached hydrogens (tertiary/aromatic N) is 3. The predicted octanol–water partition coefficient (Wildman–Crippen LogP) is 2.08. The quantitative estimate of drug-likeness (QED) is 0.918. The van der Waals surface area contributed by atoms with E-state index in [4.69, 9.17) is 0 Å². The minimum absolute atomic E-state index is 0.173. The Kier molecular flexibility index (Phi) is 4.92. The molecule has 1 N–H and O–H groups in total. The largest absolute Gasteiger partial charge is 0.391 e. The summed E-state index contributed by atoms with van der Waals surface area (Å²) in [5, 5.41) is 11.8. The zero-order chi connectivity index (χ0) is 18.1. The van der Waals surface area contributed by atoms with Gasteiger partial charge in [-0.3, -0.25) is 14.7 Å². The van der Waals surface area contributed by atoms with Crippen molar-refractivity contribution in [2.24, 2.45) is 5.92 Å². The molecule has 0 aliphatic carbocycles. The van der Waals surface area contributed by atoms with Crippen LogP contribution >= 0.6 is 0 Å². The second kappa shape index (κ2) is 7.33. The Hall–Kier alpha value is -1.98. The minimum Gasteiger partial charge on any atom is -0.391 e. The summed E-state index contributed by atoms with van der Waals surface area (Å²) in [4.78, 5) is 20.3. The fourth-order valence-corrected chi connectivity index (χ4v) is 4.55. The average Bonchev–Trinajstić information content (AvgIpc) is 3.03. The van der Waals surface area contributed by atoms with E-state index in [-0.39, 0.29) is 17.9 Å². The number of aliphatic hydroxyl groups excluding tert-OH is 1. The summed E-state index contributed by atoms with van der Waals surface area (Å²) in [5.74, 6) is 0.430. The summed E-state index contributed by atoms with van der Waals surface area (Å²) in [5.41, 5.74) is 2.29. The highest BCUT2D eigenvalue weighted by Crippen LogP contribution is 2.29. The zero-order valence-corrected chi connectivity index (χ0v) is 15.3. The Morgan fingerprint density at radius 3 is 2.73 bits per heavy atom. The number of para-hydroxylation sites is 1. The first-order valence-corrected chi connectivity index (χ1v) is 9.62. The van der Waals surface area contributed by atoms with Crippen LogP contribution in [0.25, 0.3) is 10.9 Å². The molecule has 1 aromatic carbocycles. The third-order valence-electron chi connectivity index (χ3n) is 6.08. The highest BCUT2D eigenvalue weighted by molar-refractivity contribution is 5.81. The topological polar surface area (TPSA) is 56.7 Å². The van der Waals surface area contributed by atoms with Crippen LogP contribution in [-0.4, -0.2) is 64.1 Å². The lowest BCUT2D eigenvalue weighted by molar-refractivity contribution is -0.130. The standard InChI is InChI=1S/C21H27N3O2/c1-15(25)23-10-7-18(8-11-23)24-13-17(21(26)14-24)12-16-6-9-22-20-5-3-2-4-19(16)20/h2-6,9,17-18,21,26H,7-8,10-14H2,1H3/t17-,21-/m1/s1. The maximum absolute atomic E-state index is 11.5. The van der Waals surface area contributed by atoms with Crippen molar-refractivity contribution in [2.75, 3.05) is 26.2 Å². The van der Waals surface area contributed by atoms with Crippen LogP contribution in [0.3, 0.4) is 0 Å². The Bertz CT molecular complexity index is 780. The molecule has 2 atom stereocenters. The maximum Gasteiger partial charge on any atom is 0.219 e. The van der Waals surface area contributed by atoms with Crippen molar-refractivity contribution < 1.29 is 9.90 Å². The van der Waals surface area contributed by atoms with Crippen LogP contribution in [0.15, 0.2) is 36.5 Å². The van der Waals surface area contributed by atoms with Crippen LogP contribution in [0.2, 0.25) is 0 Å². The molecule has 26 heavy (non-hydrogen) atoms. The molecule has 138 valence electrons. The molecule has 3 heterocycles. The second-order valence-electron chi connectivity index (χ2n) is 7.71. The Morgan fingerprint density at radius 1 is 1.19 bits per heavy atom. The number of rotatable bonds is 3. The van der Waals surface area contributed by atoms with Crippen LogP contribution in [0.1, 0.15) is 25.3 Å². The number of aliphatic hydroxyl groups is 1. The molecule has 0 unspecified atom stereocenters. The van der Waals surface area contributed by atoms with Crippen LogP contribution < -0.4 is 0 Å². The molecule has 2 fully saturated rings. The van der Waals surface area contributed by atoms with E-state index in [2.05, 4.69) is 22.0 Å². The predicted molar refractivity (Wildman–Crippen MR) is 102 cm³/mol. The van der Waals surface area contributed by atoms with Crippen LogP contribution in [-0.2, 0) is 11.2 Å². The summed E-state index contributed by atoms with van der Waals surface area (Å²) in [6.45, 7) is 5.01. The van der Waals surface area contributed by atoms with Gasteiger partial charge >= 0.3 is 0 Å². The van der Waals surface area contributed by atoms with Gasteiger partial charge in [-0.05, 0) is 37.0 Å². The molecule has 4 rings (SSSR count). The number of carbonyl (C=O) groups excluding carboxylic acids is 1. The van der Waals surface area contributed by atoms with E-state index in [0.29, 0.717) is 6.04 Å². The fraction of sp³-hybridized carbons (Fsp3) is 0.524. The third-order valence-corrected chi connectivity index (χ3v) is 6.08. The van der Waals surface area contributed by atoms with E-state index in [1.54, 1.807) is 6.92 Å². The van der Waals surface area contributed by atoms with Gasteiger partial charge in [-0.1, -0.05) is 18.2 Å². The number of benzene rings is 1. The van der Waals surface area contributed by atoms with Gasteiger partial charge in [0.25, 0.3) is 0 Å². The number of β-amino-alcohol motifs (C(OH)–C–C–N with tert-alkyl or cyclic N) is 1. The van der Waals surface area contributed by atoms with Gasteiger partial charge in [0.1, 0.15) is 0 Å². The lowest BCUT2D eigenvalue weighted by atomic mass is 9.94. The molecule has 0 saturated carbocycles. The molecule has 2 saturated heterocycles. The van der Waals surface area contributed by atoms with E-state index < -0.39 is 0 Å². The van der Waals surface area contributed by atoms with E-state index in [9.17, 15) is 9.90 Å². The van der Waals surface area contributed by atoms with Crippen molar-refractivity contribution in [3.05, 3.63) is 42.1 Å². The summed E-state index contributed by atoms with van der Waals surface area (Å²) in [6, 6.07) is 10.8. The van der Waals surface area contributed by atoms with Gasteiger partial charge < -0.3 is 10.0 Å². The first kappa shape index (κ1) is 17.4. The van der Waals surface area contributed by atoms with Crippen molar-refractivity contribution >= 4 is 16.8 Å². The highest BCUT2D eigenvalue weighted by atomic mass is 16.3. The van der Waals surface area contributed by atoms with Crippen LogP contribution in [0.4, 0.5) is 0 Å². The number of likely N-dealkylation sites (tertiary alicyclic amines) is 2. The van der Waals surface area contributed by atoms with Gasteiger partial charge in [-0.15, -0.1) is 0 Å². The number of pyridine rings is 1. The lowest BCUT2D eigenvalue weighted by Crippen LogP contribution is -2.45.